The number of hydrogen-bond acceptors (Lipinski definition) is 3. The molecule has 0 aliphatic heterocycles. The Morgan fingerprint density at radius 1 is 1.20 bits per heavy atom. The standard InChI is InChI=1S/C16H20O4/c1-5-20-15(19)14(18)10-13(17)11-6-8-12(9-7-11)16(2,3)4/h6-10,18H,5H2,1-4H3/p+1/b14-10-. The van der Waals surface area contributed by atoms with Gasteiger partial charge in [0.05, 0.1) is 12.7 Å². The van der Waals surface area contributed by atoms with Gasteiger partial charge in [-0.15, -0.1) is 0 Å². The third kappa shape index (κ3) is 4.23. The predicted molar refractivity (Wildman–Crippen MR) is 77.8 cm³/mol. The van der Waals surface area contributed by atoms with Gasteiger partial charge < -0.3 is 9.84 Å². The van der Waals surface area contributed by atoms with E-state index in [9.17, 15) is 9.59 Å². The Kier molecular flexibility index (Phi) is 5.08. The highest BCUT2D eigenvalue weighted by atomic mass is 16.5. The molecule has 4 nitrogen and oxygen atoms in total. The number of ether oxygens (including phenoxy) is 1. The minimum atomic E-state index is -0.785. The van der Waals surface area contributed by atoms with Crippen molar-refractivity contribution in [1.29, 1.82) is 0 Å². The monoisotopic (exact) mass is 277 g/mol. The van der Waals surface area contributed by atoms with Crippen molar-refractivity contribution in [2.45, 2.75) is 33.1 Å². The molecular formula is C16H21O4+. The highest BCUT2D eigenvalue weighted by Gasteiger charge is 2.18. The van der Waals surface area contributed by atoms with Crippen LogP contribution >= 0.6 is 0 Å². The van der Waals surface area contributed by atoms with Crippen LogP contribution in [0.4, 0.5) is 0 Å². The highest BCUT2D eigenvalue weighted by molar-refractivity contribution is 6.07. The summed E-state index contributed by atoms with van der Waals surface area (Å²) in [6.45, 7) is 8.10. The van der Waals surface area contributed by atoms with E-state index in [0.717, 1.165) is 11.6 Å². The fourth-order valence-corrected chi connectivity index (χ4v) is 1.62. The smallest absolute Gasteiger partial charge is 0.427 e. The zero-order valence-corrected chi connectivity index (χ0v) is 12.3. The molecule has 0 radical (unpaired) electrons. The van der Waals surface area contributed by atoms with Crippen LogP contribution in [0, 0.1) is 0 Å². The van der Waals surface area contributed by atoms with E-state index in [4.69, 9.17) is 5.11 Å². The van der Waals surface area contributed by atoms with Gasteiger partial charge in [-0.2, -0.15) is 0 Å². The SMILES string of the molecule is CCOC(=O)/C([OH2+])=C/C(=O)c1ccc(C(C)(C)C)cc1. The normalized spacial score (nSPS) is 12.1. The van der Waals surface area contributed by atoms with Gasteiger partial charge >= 0.3 is 11.7 Å². The molecule has 2 N–H and O–H groups in total. The molecule has 0 heterocycles. The first-order valence-electron chi connectivity index (χ1n) is 6.51. The average molecular weight is 277 g/mol. The minimum absolute atomic E-state index is 0.0168. The van der Waals surface area contributed by atoms with Gasteiger partial charge in [0.1, 0.15) is 0 Å². The summed E-state index contributed by atoms with van der Waals surface area (Å²) in [6.07, 6.45) is 0.990. The Hall–Kier alpha value is -2.10. The summed E-state index contributed by atoms with van der Waals surface area (Å²) >= 11 is 0. The largest absolute Gasteiger partial charge is 0.588 e. The fourth-order valence-electron chi connectivity index (χ4n) is 1.62. The maximum Gasteiger partial charge on any atom is 0.427 e. The van der Waals surface area contributed by atoms with Crippen LogP contribution in [0.2, 0.25) is 0 Å². The molecule has 0 atom stereocenters. The molecule has 4 heteroatoms. The van der Waals surface area contributed by atoms with Gasteiger partial charge in [-0.3, -0.25) is 4.79 Å². The fraction of sp³-hybridized carbons (Fsp3) is 0.375. The van der Waals surface area contributed by atoms with E-state index in [2.05, 4.69) is 25.5 Å². The zero-order valence-electron chi connectivity index (χ0n) is 12.3. The highest BCUT2D eigenvalue weighted by Crippen LogP contribution is 2.22. The zero-order chi connectivity index (χ0) is 15.3. The molecule has 0 aliphatic rings. The number of carbonyl (C=O) groups is 2. The Morgan fingerprint density at radius 2 is 1.75 bits per heavy atom. The molecule has 1 rings (SSSR count). The van der Waals surface area contributed by atoms with E-state index >= 15 is 0 Å². The summed E-state index contributed by atoms with van der Waals surface area (Å²) < 4.78 is 4.66. The molecule has 20 heavy (non-hydrogen) atoms. The maximum absolute atomic E-state index is 11.9. The van der Waals surface area contributed by atoms with Crippen molar-refractivity contribution >= 4 is 11.8 Å². The molecule has 108 valence electrons. The summed E-state index contributed by atoms with van der Waals surface area (Å²) in [7, 11) is 0. The van der Waals surface area contributed by atoms with Crippen LogP contribution < -0.4 is 0 Å². The number of ketones is 1. The van der Waals surface area contributed by atoms with Gasteiger partial charge in [0.25, 0.3) is 0 Å². The number of benzene rings is 1. The lowest BCUT2D eigenvalue weighted by molar-refractivity contribution is -0.141. The molecule has 0 aromatic heterocycles. The van der Waals surface area contributed by atoms with Crippen molar-refractivity contribution in [2.24, 2.45) is 0 Å². The molecular weight excluding hydrogens is 256 g/mol. The van der Waals surface area contributed by atoms with E-state index < -0.39 is 11.7 Å². The number of rotatable bonds is 4. The molecule has 1 aromatic rings. The molecule has 0 amide bonds. The Morgan fingerprint density at radius 3 is 2.20 bits per heavy atom. The molecule has 0 unspecified atom stereocenters. The maximum atomic E-state index is 11.9. The Bertz CT molecular complexity index is 518. The summed E-state index contributed by atoms with van der Waals surface area (Å²) in [4.78, 5) is 23.2. The molecule has 0 aliphatic carbocycles. The van der Waals surface area contributed by atoms with Crippen LogP contribution in [0.3, 0.4) is 0 Å². The van der Waals surface area contributed by atoms with E-state index in [0.29, 0.717) is 5.56 Å². The van der Waals surface area contributed by atoms with Crippen molar-refractivity contribution in [3.8, 4) is 0 Å². The average Bonchev–Trinajstić information content (AvgIpc) is 2.38. The van der Waals surface area contributed by atoms with Gasteiger partial charge in [0.2, 0.25) is 0 Å². The third-order valence-electron chi connectivity index (χ3n) is 2.81. The van der Waals surface area contributed by atoms with Crippen LogP contribution in [0.25, 0.3) is 0 Å². The molecule has 0 spiro atoms. The van der Waals surface area contributed by atoms with Crippen molar-refractivity contribution in [1.82, 2.24) is 0 Å². The van der Waals surface area contributed by atoms with Crippen LogP contribution in [-0.4, -0.2) is 23.5 Å². The second-order valence-corrected chi connectivity index (χ2v) is 5.47. The second-order valence-electron chi connectivity index (χ2n) is 5.47. The summed E-state index contributed by atoms with van der Waals surface area (Å²) in [5.41, 5.74) is 1.59. The Balaban J connectivity index is 2.88. The van der Waals surface area contributed by atoms with E-state index in [1.54, 1.807) is 19.1 Å². The molecule has 0 saturated carbocycles. The lowest BCUT2D eigenvalue weighted by Gasteiger charge is -2.18. The van der Waals surface area contributed by atoms with Gasteiger partial charge in [0, 0.05) is 5.56 Å². The summed E-state index contributed by atoms with van der Waals surface area (Å²) in [5.74, 6) is -1.59. The first-order valence-corrected chi connectivity index (χ1v) is 6.51. The molecule has 0 saturated heterocycles. The number of carbonyl (C=O) groups excluding carboxylic acids is 2. The Labute approximate surface area is 119 Å². The number of allylic oxidation sites excluding steroid dienone is 1. The van der Waals surface area contributed by atoms with Crippen molar-refractivity contribution in [3.05, 3.63) is 47.2 Å². The summed E-state index contributed by atoms with van der Waals surface area (Å²) in [6, 6.07) is 7.18. The quantitative estimate of drug-likeness (QED) is 0.279. The van der Waals surface area contributed by atoms with Crippen molar-refractivity contribution in [2.75, 3.05) is 6.61 Å². The lowest BCUT2D eigenvalue weighted by Crippen LogP contribution is -2.11. The van der Waals surface area contributed by atoms with Crippen LogP contribution in [0.1, 0.15) is 43.6 Å². The predicted octanol–water partition coefficient (Wildman–Crippen LogP) is 2.34. The van der Waals surface area contributed by atoms with Crippen LogP contribution in [0.15, 0.2) is 36.1 Å². The summed E-state index contributed by atoms with van der Waals surface area (Å²) in [5, 5.41) is 7.47. The molecule has 0 fully saturated rings. The van der Waals surface area contributed by atoms with E-state index in [1.807, 2.05) is 12.1 Å². The van der Waals surface area contributed by atoms with Crippen LogP contribution in [0.5, 0.6) is 0 Å². The second kappa shape index (κ2) is 6.37. The number of esters is 1. The molecule has 0 bridgehead atoms. The lowest BCUT2D eigenvalue weighted by atomic mass is 9.86. The van der Waals surface area contributed by atoms with Crippen molar-refractivity contribution < 1.29 is 19.4 Å². The molecule has 1 aromatic carbocycles. The van der Waals surface area contributed by atoms with Gasteiger partial charge in [-0.05, 0) is 17.9 Å². The van der Waals surface area contributed by atoms with E-state index in [-0.39, 0.29) is 17.8 Å². The number of hydrogen-bond donors (Lipinski definition) is 0. The van der Waals surface area contributed by atoms with Crippen molar-refractivity contribution in [3.63, 3.8) is 0 Å². The first-order chi connectivity index (χ1) is 9.25. The van der Waals surface area contributed by atoms with Gasteiger partial charge in [-0.1, -0.05) is 45.0 Å². The first kappa shape index (κ1) is 16.0. The third-order valence-corrected chi connectivity index (χ3v) is 2.81. The van der Waals surface area contributed by atoms with Crippen LogP contribution in [-0.2, 0) is 14.9 Å². The minimum Gasteiger partial charge on any atom is -0.588 e. The van der Waals surface area contributed by atoms with Gasteiger partial charge in [-0.25, -0.2) is 4.79 Å². The topological polar surface area (TPSA) is 66.3 Å². The van der Waals surface area contributed by atoms with Gasteiger partial charge in [0.15, 0.2) is 5.78 Å². The van der Waals surface area contributed by atoms with E-state index in [1.165, 1.54) is 0 Å².